The highest BCUT2D eigenvalue weighted by Crippen LogP contribution is 2.72. The third kappa shape index (κ3) is 9.25. The van der Waals surface area contributed by atoms with Crippen LogP contribution >= 0.6 is 0 Å². The topological polar surface area (TPSA) is 360 Å². The van der Waals surface area contributed by atoms with E-state index >= 15 is 4.79 Å². The summed E-state index contributed by atoms with van der Waals surface area (Å²) in [4.78, 5) is 28.1. The Labute approximate surface area is 435 Å². The Kier molecular flexibility index (Phi) is 16.4. The Morgan fingerprint density at radius 1 is 0.680 bits per heavy atom. The number of ether oxygens (including phenoxy) is 9. The first-order valence-corrected chi connectivity index (χ1v) is 26.9. The molecule has 23 nitrogen and oxygen atoms in total. The number of carbonyl (C=O) groups is 2. The molecule has 5 heterocycles. The largest absolute Gasteiger partial charge is 0.396 e. The van der Waals surface area contributed by atoms with Gasteiger partial charge in [0.25, 0.3) is 0 Å². The smallest absolute Gasteiger partial charge is 0.187 e. The van der Waals surface area contributed by atoms with Crippen molar-refractivity contribution in [2.75, 3.05) is 26.4 Å². The quantitative estimate of drug-likeness (QED) is 0.0866. The summed E-state index contributed by atoms with van der Waals surface area (Å²) in [5.74, 6) is -0.209. The minimum Gasteiger partial charge on any atom is -0.396 e. The van der Waals surface area contributed by atoms with E-state index in [4.69, 9.17) is 42.6 Å². The lowest BCUT2D eigenvalue weighted by Crippen LogP contribution is -2.66. The first kappa shape index (κ1) is 57.9. The molecule has 1 spiro atoms. The van der Waals surface area contributed by atoms with E-state index in [2.05, 4.69) is 20.8 Å². The third-order valence-electron chi connectivity index (χ3n) is 20.0. The van der Waals surface area contributed by atoms with Crippen molar-refractivity contribution in [3.05, 3.63) is 11.1 Å². The lowest BCUT2D eigenvalue weighted by molar-refractivity contribution is -0.390. The Hall–Kier alpha value is -1.76. The molecule has 12 N–H and O–H groups in total. The van der Waals surface area contributed by atoms with Gasteiger partial charge in [-0.3, -0.25) is 9.59 Å². The second-order valence-electron chi connectivity index (χ2n) is 24.1. The Morgan fingerprint density at radius 2 is 1.31 bits per heavy atom. The van der Waals surface area contributed by atoms with Crippen molar-refractivity contribution < 1.29 is 113 Å². The molecule has 0 aromatic carbocycles. The fourth-order valence-corrected chi connectivity index (χ4v) is 15.0. The lowest BCUT2D eigenvalue weighted by Gasteiger charge is -2.62. The van der Waals surface area contributed by atoms with Gasteiger partial charge in [-0.2, -0.15) is 0 Å². The number of Topliss-reactive ketones (excluding diaryl/α,β-unsaturated/α-hetero) is 2. The molecule has 0 amide bonds. The van der Waals surface area contributed by atoms with Gasteiger partial charge in [-0.1, -0.05) is 45.8 Å². The van der Waals surface area contributed by atoms with Crippen molar-refractivity contribution in [1.82, 2.24) is 0 Å². The number of fused-ring (bicyclic) bond motifs is 4. The van der Waals surface area contributed by atoms with Crippen LogP contribution in [0.3, 0.4) is 0 Å². The Bertz CT molecular complexity index is 2120. The summed E-state index contributed by atoms with van der Waals surface area (Å²) in [6.45, 7) is 11.4. The fourth-order valence-electron chi connectivity index (χ4n) is 15.0. The second-order valence-corrected chi connectivity index (χ2v) is 24.1. The maximum Gasteiger partial charge on any atom is 0.187 e. The molecule has 23 heteroatoms. The van der Waals surface area contributed by atoms with Gasteiger partial charge < -0.3 is 104 Å². The zero-order chi connectivity index (χ0) is 54.6. The Balaban J connectivity index is 0.899. The van der Waals surface area contributed by atoms with E-state index in [0.717, 1.165) is 18.4 Å². The summed E-state index contributed by atoms with van der Waals surface area (Å²) in [5, 5.41) is 131. The summed E-state index contributed by atoms with van der Waals surface area (Å²) in [6.07, 6.45) is -28.1. The molecule has 428 valence electrons. The van der Waals surface area contributed by atoms with Gasteiger partial charge in [-0.15, -0.1) is 0 Å². The van der Waals surface area contributed by atoms with Crippen molar-refractivity contribution in [1.29, 1.82) is 0 Å². The van der Waals surface area contributed by atoms with Gasteiger partial charge in [-0.05, 0) is 87.9 Å². The third-order valence-corrected chi connectivity index (χ3v) is 20.0. The van der Waals surface area contributed by atoms with Crippen LogP contribution in [0.15, 0.2) is 11.1 Å². The highest BCUT2D eigenvalue weighted by Gasteiger charge is 2.73. The van der Waals surface area contributed by atoms with Crippen LogP contribution < -0.4 is 0 Å². The molecule has 0 unspecified atom stereocenters. The van der Waals surface area contributed by atoms with E-state index in [-0.39, 0.29) is 30.0 Å². The van der Waals surface area contributed by atoms with Crippen LogP contribution in [0.1, 0.15) is 106 Å². The van der Waals surface area contributed by atoms with E-state index in [1.54, 1.807) is 0 Å². The summed E-state index contributed by atoms with van der Waals surface area (Å²) in [7, 11) is 0. The standard InChI is InChI=1S/C52H82O23/c1-8-25(55)27-15-21(2)52(75-27)19-48(4)13-11-23-24(51(48,7)47(52)66)9-10-30-49(23,5)14-12-31(50(30,6)20-54)72-44-40(65)37(62)35(60)29(71-44)18-68-45-41(33(58)26(56)17-67-45)74-46-42(38(63)34(59)28(16-53)70-46)73-43-39(64)36(61)32(57)22(3)69-43/h21-22,26-46,53-54,56-65H,8-20H2,1-7H3/t21-,22+,26+,27+,28-,29-,30-,31+,32+,33+,34-,35-,36-,37+,38+,39-,40-,41-,42-,43+,44+,45+,46+,48-,49-,50-,51-,52-/m1/s1. The molecule has 75 heavy (non-hydrogen) atoms. The molecular weight excluding hydrogens is 993 g/mol. The molecule has 2 saturated carbocycles. The first-order chi connectivity index (χ1) is 35.3. The molecule has 5 aliphatic heterocycles. The maximum atomic E-state index is 15.1. The van der Waals surface area contributed by atoms with Crippen molar-refractivity contribution in [2.45, 2.75) is 241 Å². The summed E-state index contributed by atoms with van der Waals surface area (Å²) in [6, 6.07) is 0. The zero-order valence-corrected chi connectivity index (χ0v) is 43.8. The number of aliphatic hydroxyl groups is 12. The molecule has 0 bridgehead atoms. The normalized spacial score (nSPS) is 54.2. The first-order valence-electron chi connectivity index (χ1n) is 26.9. The van der Waals surface area contributed by atoms with Crippen molar-refractivity contribution in [3.8, 4) is 0 Å². The fraction of sp³-hybridized carbons (Fsp3) is 0.923. The predicted octanol–water partition coefficient (Wildman–Crippen LogP) is -2.26. The van der Waals surface area contributed by atoms with Gasteiger partial charge >= 0.3 is 0 Å². The zero-order valence-electron chi connectivity index (χ0n) is 43.8. The van der Waals surface area contributed by atoms with Crippen LogP contribution in [0, 0.1) is 33.5 Å². The summed E-state index contributed by atoms with van der Waals surface area (Å²) in [5.41, 5.74) is -1.29. The molecular formula is C52H82O23. The molecule has 4 aliphatic carbocycles. The number of hydrogen-bond acceptors (Lipinski definition) is 23. The number of hydrogen-bond donors (Lipinski definition) is 12. The van der Waals surface area contributed by atoms with Crippen LogP contribution in [-0.4, -0.2) is 234 Å². The minimum absolute atomic E-state index is 0.0103. The molecule has 28 atom stereocenters. The molecule has 9 aliphatic rings. The lowest BCUT2D eigenvalue weighted by atomic mass is 9.44. The predicted molar refractivity (Wildman–Crippen MR) is 253 cm³/mol. The molecule has 0 aromatic rings. The number of rotatable bonds is 13. The summed E-state index contributed by atoms with van der Waals surface area (Å²) < 4.78 is 54.2. The van der Waals surface area contributed by atoms with Gasteiger partial charge in [0.05, 0.1) is 44.1 Å². The van der Waals surface area contributed by atoms with Crippen LogP contribution in [0.25, 0.3) is 0 Å². The van der Waals surface area contributed by atoms with E-state index in [1.807, 2.05) is 20.8 Å². The average molecular weight is 1080 g/mol. The molecule has 5 saturated heterocycles. The van der Waals surface area contributed by atoms with Crippen molar-refractivity contribution in [2.24, 2.45) is 33.5 Å². The van der Waals surface area contributed by atoms with Gasteiger partial charge in [0.2, 0.25) is 0 Å². The molecule has 9 rings (SSSR count). The van der Waals surface area contributed by atoms with E-state index in [1.165, 1.54) is 12.5 Å². The highest BCUT2D eigenvalue weighted by atomic mass is 16.8. The second kappa shape index (κ2) is 21.3. The molecule has 7 fully saturated rings. The van der Waals surface area contributed by atoms with Crippen LogP contribution in [-0.2, 0) is 52.2 Å². The maximum absolute atomic E-state index is 15.1. The number of allylic oxidation sites excluding steroid dienone is 2. The van der Waals surface area contributed by atoms with Gasteiger partial charge in [0.1, 0.15) is 97.2 Å². The van der Waals surface area contributed by atoms with Crippen molar-refractivity contribution in [3.63, 3.8) is 0 Å². The van der Waals surface area contributed by atoms with E-state index < -0.39 is 176 Å². The molecule has 0 aromatic heterocycles. The van der Waals surface area contributed by atoms with Gasteiger partial charge in [0, 0.05) is 11.8 Å². The monoisotopic (exact) mass is 1070 g/mol. The van der Waals surface area contributed by atoms with E-state index in [0.29, 0.717) is 44.9 Å². The van der Waals surface area contributed by atoms with E-state index in [9.17, 15) is 66.1 Å². The minimum atomic E-state index is -1.92. The average Bonchev–Trinajstić information content (AvgIpc) is 3.95. The SMILES string of the molecule is CCC(=O)[C@@H]1C[C@@H](C)[C@@]2(C[C@@]3(C)CCC4=C(CC[C@H]5[C@@](C)(CO)[C@@H](O[C@@H]6O[C@H](CO[C@@H]7OC[C@H](O)[C@H](O)[C@H]7O[C@@H]7O[C@H](CO)[C@@H](O)[C@H](O)[C@H]7O[C@@H]7O[C@@H](C)[C@H](O)[C@@H](O)[C@H]7O)[C@@H](O)[C@H](O)[C@H]6O)CC[C@]45C)[C@]3(C)C2=O)O1. The molecule has 0 radical (unpaired) electrons. The number of carbonyl (C=O) groups excluding carboxylic acids is 2. The van der Waals surface area contributed by atoms with Gasteiger partial charge in [0.15, 0.2) is 36.7 Å². The number of ketones is 2. The van der Waals surface area contributed by atoms with Crippen LogP contribution in [0.5, 0.6) is 0 Å². The summed E-state index contributed by atoms with van der Waals surface area (Å²) >= 11 is 0. The van der Waals surface area contributed by atoms with Gasteiger partial charge in [-0.25, -0.2) is 0 Å². The Morgan fingerprint density at radius 3 is 1.97 bits per heavy atom. The van der Waals surface area contributed by atoms with Crippen LogP contribution in [0.4, 0.5) is 0 Å². The highest BCUT2D eigenvalue weighted by molar-refractivity contribution is 6.00. The van der Waals surface area contributed by atoms with Crippen LogP contribution in [0.2, 0.25) is 0 Å². The number of aliphatic hydroxyl groups excluding tert-OH is 12. The van der Waals surface area contributed by atoms with Crippen molar-refractivity contribution >= 4 is 11.6 Å².